The van der Waals surface area contributed by atoms with Gasteiger partial charge in [-0.05, 0) is 62.8 Å². The number of hydrogen-bond acceptors (Lipinski definition) is 2. The van der Waals surface area contributed by atoms with Gasteiger partial charge in [-0.1, -0.05) is 37.5 Å². The second-order valence-electron chi connectivity index (χ2n) is 8.58. The van der Waals surface area contributed by atoms with E-state index in [1.54, 1.807) is 4.90 Å². The first kappa shape index (κ1) is 22.8. The van der Waals surface area contributed by atoms with Gasteiger partial charge in [0.1, 0.15) is 0 Å². The molecular formula is C24H37N4OS+. The van der Waals surface area contributed by atoms with Gasteiger partial charge in [-0.15, -0.1) is 0 Å². The Morgan fingerprint density at radius 2 is 1.97 bits per heavy atom. The van der Waals surface area contributed by atoms with Gasteiger partial charge < -0.3 is 20.1 Å². The molecule has 1 heterocycles. The summed E-state index contributed by atoms with van der Waals surface area (Å²) in [5.41, 5.74) is 2.77. The third-order valence-corrected chi connectivity index (χ3v) is 6.86. The van der Waals surface area contributed by atoms with Crippen LogP contribution in [0, 0.1) is 6.92 Å². The van der Waals surface area contributed by atoms with Gasteiger partial charge in [0.15, 0.2) is 5.11 Å². The van der Waals surface area contributed by atoms with Crippen molar-refractivity contribution in [3.63, 3.8) is 0 Å². The van der Waals surface area contributed by atoms with Gasteiger partial charge in [0.25, 0.3) is 5.56 Å². The van der Waals surface area contributed by atoms with Crippen molar-refractivity contribution in [3.8, 4) is 0 Å². The number of thiocarbonyl (C=S) groups is 1. The van der Waals surface area contributed by atoms with Gasteiger partial charge in [-0.3, -0.25) is 4.79 Å². The molecule has 0 saturated heterocycles. The van der Waals surface area contributed by atoms with E-state index >= 15 is 0 Å². The third-order valence-electron chi connectivity index (χ3n) is 6.48. The second kappa shape index (κ2) is 10.9. The number of para-hydroxylation sites is 1. The fourth-order valence-electron chi connectivity index (χ4n) is 4.41. The first-order valence-corrected chi connectivity index (χ1v) is 11.9. The lowest BCUT2D eigenvalue weighted by Crippen LogP contribution is -3.12. The van der Waals surface area contributed by atoms with E-state index in [0.717, 1.165) is 53.3 Å². The van der Waals surface area contributed by atoms with E-state index in [9.17, 15) is 4.79 Å². The molecule has 0 aliphatic heterocycles. The van der Waals surface area contributed by atoms with Crippen molar-refractivity contribution < 1.29 is 4.90 Å². The van der Waals surface area contributed by atoms with E-state index in [0.29, 0.717) is 12.6 Å². The van der Waals surface area contributed by atoms with Crippen LogP contribution in [0.5, 0.6) is 0 Å². The summed E-state index contributed by atoms with van der Waals surface area (Å²) in [6.07, 6.45) is 6.24. The molecule has 0 radical (unpaired) electrons. The highest BCUT2D eigenvalue weighted by Gasteiger charge is 2.20. The number of quaternary nitrogens is 1. The van der Waals surface area contributed by atoms with Crippen molar-refractivity contribution in [2.75, 3.05) is 26.2 Å². The Kier molecular flexibility index (Phi) is 8.28. The average molecular weight is 430 g/mol. The molecule has 0 amide bonds. The van der Waals surface area contributed by atoms with Crippen molar-refractivity contribution in [1.29, 1.82) is 0 Å². The molecule has 164 valence electrons. The van der Waals surface area contributed by atoms with E-state index in [1.807, 2.05) is 25.1 Å². The molecule has 1 aromatic carbocycles. The number of benzene rings is 1. The molecule has 0 unspecified atom stereocenters. The first-order chi connectivity index (χ1) is 14.5. The molecule has 1 saturated carbocycles. The van der Waals surface area contributed by atoms with Crippen molar-refractivity contribution in [2.24, 2.45) is 0 Å². The molecule has 3 N–H and O–H groups in total. The SMILES string of the molecule is CC[NH+](CC)CCN(Cc1cc2cccc(C)c2[nH]c1=O)C(=S)NC1CCCCC1. The molecule has 0 atom stereocenters. The predicted octanol–water partition coefficient (Wildman–Crippen LogP) is 2.77. The van der Waals surface area contributed by atoms with E-state index in [2.05, 4.69) is 35.1 Å². The summed E-state index contributed by atoms with van der Waals surface area (Å²) in [5, 5.41) is 5.46. The quantitative estimate of drug-likeness (QED) is 0.565. The van der Waals surface area contributed by atoms with E-state index in [4.69, 9.17) is 12.2 Å². The number of nitrogens with one attached hydrogen (secondary N) is 3. The fourth-order valence-corrected chi connectivity index (χ4v) is 4.74. The zero-order chi connectivity index (χ0) is 21.5. The number of H-pyrrole nitrogens is 1. The van der Waals surface area contributed by atoms with Crippen LogP contribution in [-0.2, 0) is 6.54 Å². The van der Waals surface area contributed by atoms with Crippen molar-refractivity contribution in [2.45, 2.75) is 65.5 Å². The van der Waals surface area contributed by atoms with Crippen LogP contribution in [0.2, 0.25) is 0 Å². The smallest absolute Gasteiger partial charge is 0.253 e. The largest absolute Gasteiger partial charge is 0.360 e. The van der Waals surface area contributed by atoms with Crippen LogP contribution in [0.25, 0.3) is 10.9 Å². The Hall–Kier alpha value is -1.92. The summed E-state index contributed by atoms with van der Waals surface area (Å²) in [4.78, 5) is 19.7. The monoisotopic (exact) mass is 429 g/mol. The van der Waals surface area contributed by atoms with Crippen molar-refractivity contribution in [3.05, 3.63) is 45.7 Å². The average Bonchev–Trinajstić information content (AvgIpc) is 2.75. The number of pyridine rings is 1. The molecule has 0 bridgehead atoms. The number of rotatable bonds is 8. The van der Waals surface area contributed by atoms with Crippen LogP contribution < -0.4 is 15.8 Å². The van der Waals surface area contributed by atoms with E-state index in [-0.39, 0.29) is 5.56 Å². The number of hydrogen-bond donors (Lipinski definition) is 3. The Balaban J connectivity index is 1.80. The summed E-state index contributed by atoms with van der Waals surface area (Å²) in [7, 11) is 0. The van der Waals surface area contributed by atoms with E-state index in [1.165, 1.54) is 32.1 Å². The summed E-state index contributed by atoms with van der Waals surface area (Å²) >= 11 is 5.83. The van der Waals surface area contributed by atoms with Crippen molar-refractivity contribution in [1.82, 2.24) is 15.2 Å². The van der Waals surface area contributed by atoms with Crippen LogP contribution in [0.3, 0.4) is 0 Å². The Bertz CT molecular complexity index is 900. The molecule has 1 aliphatic rings. The molecule has 1 aromatic heterocycles. The maximum absolute atomic E-state index is 12.8. The zero-order valence-electron chi connectivity index (χ0n) is 18.7. The fraction of sp³-hybridized carbons (Fsp3) is 0.583. The maximum Gasteiger partial charge on any atom is 0.253 e. The highest BCUT2D eigenvalue weighted by Crippen LogP contribution is 2.18. The lowest BCUT2D eigenvalue weighted by molar-refractivity contribution is -0.895. The molecule has 30 heavy (non-hydrogen) atoms. The minimum atomic E-state index is -0.0162. The third kappa shape index (κ3) is 5.82. The van der Waals surface area contributed by atoms with Gasteiger partial charge in [0, 0.05) is 11.6 Å². The van der Waals surface area contributed by atoms with Crippen LogP contribution in [0.4, 0.5) is 0 Å². The standard InChI is InChI=1S/C24H36N4OS/c1-4-27(5-2)14-15-28(24(30)25-21-12-7-6-8-13-21)17-20-16-19-11-9-10-18(3)22(19)26-23(20)29/h9-11,16,21H,4-8,12-15,17H2,1-3H3,(H,25,30)(H,26,29)/p+1. The predicted molar refractivity (Wildman–Crippen MR) is 129 cm³/mol. The Morgan fingerprint density at radius 1 is 1.23 bits per heavy atom. The van der Waals surface area contributed by atoms with Gasteiger partial charge in [0.05, 0.1) is 38.2 Å². The maximum atomic E-state index is 12.8. The molecule has 0 spiro atoms. The van der Waals surface area contributed by atoms with Crippen LogP contribution in [0.15, 0.2) is 29.1 Å². The zero-order valence-corrected chi connectivity index (χ0v) is 19.5. The first-order valence-electron chi connectivity index (χ1n) is 11.5. The number of fused-ring (bicyclic) bond motifs is 1. The van der Waals surface area contributed by atoms with Crippen LogP contribution in [-0.4, -0.2) is 47.2 Å². The van der Waals surface area contributed by atoms with Gasteiger partial charge in [0.2, 0.25) is 0 Å². The minimum Gasteiger partial charge on any atom is -0.360 e. The Morgan fingerprint density at radius 3 is 2.67 bits per heavy atom. The highest BCUT2D eigenvalue weighted by atomic mass is 32.1. The van der Waals surface area contributed by atoms with Crippen LogP contribution in [0.1, 0.15) is 57.1 Å². The normalized spacial score (nSPS) is 14.9. The van der Waals surface area contributed by atoms with E-state index < -0.39 is 0 Å². The topological polar surface area (TPSA) is 52.6 Å². The number of aromatic nitrogens is 1. The lowest BCUT2D eigenvalue weighted by atomic mass is 9.96. The second-order valence-corrected chi connectivity index (χ2v) is 8.96. The molecule has 6 heteroatoms. The summed E-state index contributed by atoms with van der Waals surface area (Å²) < 4.78 is 0. The van der Waals surface area contributed by atoms with Crippen LogP contribution >= 0.6 is 12.2 Å². The Labute approximate surface area is 185 Å². The number of nitrogens with zero attached hydrogens (tertiary/aromatic N) is 1. The van der Waals surface area contributed by atoms with Gasteiger partial charge >= 0.3 is 0 Å². The van der Waals surface area contributed by atoms with Crippen molar-refractivity contribution >= 4 is 28.2 Å². The van der Waals surface area contributed by atoms with Gasteiger partial charge in [-0.25, -0.2) is 0 Å². The molecule has 3 rings (SSSR count). The number of aryl methyl sites for hydroxylation is 1. The molecule has 2 aromatic rings. The summed E-state index contributed by atoms with van der Waals surface area (Å²) in [6.45, 7) is 11.1. The summed E-state index contributed by atoms with van der Waals surface area (Å²) in [6, 6.07) is 8.62. The van der Waals surface area contributed by atoms with Gasteiger partial charge in [-0.2, -0.15) is 0 Å². The highest BCUT2D eigenvalue weighted by molar-refractivity contribution is 7.80. The lowest BCUT2D eigenvalue weighted by Gasteiger charge is -2.31. The number of likely N-dealkylation sites (N-methyl/N-ethyl adjacent to an activating group) is 1. The molecular weight excluding hydrogens is 392 g/mol. The molecule has 1 aliphatic carbocycles. The minimum absolute atomic E-state index is 0.0162. The molecule has 5 nitrogen and oxygen atoms in total. The molecule has 1 fully saturated rings. The number of aromatic amines is 1. The summed E-state index contributed by atoms with van der Waals surface area (Å²) in [5.74, 6) is 0.